The van der Waals surface area contributed by atoms with E-state index < -0.39 is 4.92 Å². The van der Waals surface area contributed by atoms with Gasteiger partial charge in [-0.3, -0.25) is 15.0 Å². The Balaban J connectivity index is 1.49. The smallest absolute Gasteiger partial charge is 0.321 e. The van der Waals surface area contributed by atoms with Crippen LogP contribution >= 0.6 is 0 Å². The van der Waals surface area contributed by atoms with Crippen LogP contribution in [0.15, 0.2) is 48.5 Å². The van der Waals surface area contributed by atoms with E-state index in [1.165, 1.54) is 24.3 Å². The lowest BCUT2D eigenvalue weighted by Crippen LogP contribution is -2.49. The number of phenols is 1. The van der Waals surface area contributed by atoms with Gasteiger partial charge in [-0.05, 0) is 29.8 Å². The van der Waals surface area contributed by atoms with Crippen molar-refractivity contribution in [1.82, 2.24) is 9.80 Å². The average molecular weight is 356 g/mol. The summed E-state index contributed by atoms with van der Waals surface area (Å²) in [5.41, 5.74) is 1.56. The fourth-order valence-electron chi connectivity index (χ4n) is 2.89. The van der Waals surface area contributed by atoms with E-state index in [2.05, 4.69) is 10.2 Å². The minimum Gasteiger partial charge on any atom is -0.508 e. The van der Waals surface area contributed by atoms with E-state index in [4.69, 9.17) is 0 Å². The molecule has 1 aliphatic rings. The highest BCUT2D eigenvalue weighted by molar-refractivity contribution is 5.89. The Bertz CT molecular complexity index is 786. The molecule has 1 heterocycles. The standard InChI is InChI=1S/C18H20N4O4/c23-17-3-1-2-14(12-17)13-20-8-10-21(11-9-20)18(24)19-15-4-6-16(7-5-15)22(25)26/h1-7,12,23H,8-11,13H2,(H,19,24). The SMILES string of the molecule is O=C(Nc1ccc([N+](=O)[O-])cc1)N1CCN(Cc2cccc(O)c2)CC1. The Morgan fingerprint density at radius 3 is 2.42 bits per heavy atom. The molecule has 2 aromatic carbocycles. The first-order chi connectivity index (χ1) is 12.5. The topological polar surface area (TPSA) is 98.9 Å². The number of nitro groups is 1. The number of piperazine rings is 1. The largest absolute Gasteiger partial charge is 0.508 e. The van der Waals surface area contributed by atoms with E-state index in [-0.39, 0.29) is 17.5 Å². The van der Waals surface area contributed by atoms with Gasteiger partial charge in [0, 0.05) is 50.5 Å². The molecule has 0 aromatic heterocycles. The van der Waals surface area contributed by atoms with Crippen LogP contribution < -0.4 is 5.32 Å². The van der Waals surface area contributed by atoms with Gasteiger partial charge in [-0.1, -0.05) is 12.1 Å². The normalized spacial score (nSPS) is 14.8. The Hall–Kier alpha value is -3.13. The van der Waals surface area contributed by atoms with Crippen molar-refractivity contribution in [2.45, 2.75) is 6.54 Å². The van der Waals surface area contributed by atoms with Gasteiger partial charge >= 0.3 is 6.03 Å². The van der Waals surface area contributed by atoms with Gasteiger partial charge in [-0.25, -0.2) is 4.79 Å². The molecule has 1 saturated heterocycles. The fourth-order valence-corrected chi connectivity index (χ4v) is 2.89. The number of non-ortho nitro benzene ring substituents is 1. The summed E-state index contributed by atoms with van der Waals surface area (Å²) in [5, 5.41) is 22.9. The van der Waals surface area contributed by atoms with Crippen LogP contribution in [0.25, 0.3) is 0 Å². The first-order valence-electron chi connectivity index (χ1n) is 8.32. The van der Waals surface area contributed by atoms with Gasteiger partial charge in [0.05, 0.1) is 4.92 Å². The summed E-state index contributed by atoms with van der Waals surface area (Å²) in [6.45, 7) is 3.40. The Morgan fingerprint density at radius 2 is 1.81 bits per heavy atom. The number of hydrogen-bond acceptors (Lipinski definition) is 5. The molecule has 136 valence electrons. The second-order valence-electron chi connectivity index (χ2n) is 6.17. The summed E-state index contributed by atoms with van der Waals surface area (Å²) in [5.74, 6) is 0.253. The first-order valence-corrected chi connectivity index (χ1v) is 8.32. The summed E-state index contributed by atoms with van der Waals surface area (Å²) >= 11 is 0. The second-order valence-corrected chi connectivity index (χ2v) is 6.17. The van der Waals surface area contributed by atoms with E-state index >= 15 is 0 Å². The van der Waals surface area contributed by atoms with Crippen LogP contribution in [0.3, 0.4) is 0 Å². The minimum absolute atomic E-state index is 0.0106. The number of anilines is 1. The van der Waals surface area contributed by atoms with Crippen molar-refractivity contribution in [3.05, 3.63) is 64.2 Å². The highest BCUT2D eigenvalue weighted by Crippen LogP contribution is 2.17. The molecular weight excluding hydrogens is 336 g/mol. The maximum Gasteiger partial charge on any atom is 0.321 e. The van der Waals surface area contributed by atoms with Crippen molar-refractivity contribution < 1.29 is 14.8 Å². The molecule has 0 spiro atoms. The van der Waals surface area contributed by atoms with Gasteiger partial charge in [-0.15, -0.1) is 0 Å². The number of carbonyl (C=O) groups is 1. The lowest BCUT2D eigenvalue weighted by molar-refractivity contribution is -0.384. The molecule has 2 N–H and O–H groups in total. The lowest BCUT2D eigenvalue weighted by Gasteiger charge is -2.34. The molecule has 8 heteroatoms. The number of nitro benzene ring substituents is 1. The minimum atomic E-state index is -0.475. The number of amides is 2. The molecule has 8 nitrogen and oxygen atoms in total. The van der Waals surface area contributed by atoms with Gasteiger partial charge in [0.1, 0.15) is 5.75 Å². The molecule has 0 atom stereocenters. The summed E-state index contributed by atoms with van der Waals surface area (Å²) < 4.78 is 0. The zero-order valence-electron chi connectivity index (χ0n) is 14.2. The number of rotatable bonds is 4. The number of nitrogens with zero attached hydrogens (tertiary/aromatic N) is 3. The second kappa shape index (κ2) is 7.83. The fraction of sp³-hybridized carbons (Fsp3) is 0.278. The molecule has 3 rings (SSSR count). The van der Waals surface area contributed by atoms with E-state index in [1.807, 2.05) is 12.1 Å². The molecule has 26 heavy (non-hydrogen) atoms. The van der Waals surface area contributed by atoms with Gasteiger partial charge in [-0.2, -0.15) is 0 Å². The van der Waals surface area contributed by atoms with Crippen molar-refractivity contribution in [1.29, 1.82) is 0 Å². The number of carbonyl (C=O) groups excluding carboxylic acids is 1. The Morgan fingerprint density at radius 1 is 1.12 bits per heavy atom. The number of aromatic hydroxyl groups is 1. The quantitative estimate of drug-likeness (QED) is 0.648. The van der Waals surface area contributed by atoms with Crippen LogP contribution in [0.5, 0.6) is 5.75 Å². The third-order valence-electron chi connectivity index (χ3n) is 4.31. The van der Waals surface area contributed by atoms with Crippen LogP contribution in [0.4, 0.5) is 16.2 Å². The highest BCUT2D eigenvalue weighted by atomic mass is 16.6. The maximum absolute atomic E-state index is 12.3. The van der Waals surface area contributed by atoms with Crippen LogP contribution in [-0.2, 0) is 6.54 Å². The van der Waals surface area contributed by atoms with Crippen LogP contribution in [0.1, 0.15) is 5.56 Å². The zero-order valence-corrected chi connectivity index (χ0v) is 14.2. The van der Waals surface area contributed by atoms with E-state index in [0.29, 0.717) is 18.8 Å². The molecule has 0 aliphatic carbocycles. The Kier molecular flexibility index (Phi) is 5.33. The van der Waals surface area contributed by atoms with Crippen LogP contribution in [0, 0.1) is 10.1 Å². The van der Waals surface area contributed by atoms with Crippen molar-refractivity contribution in [2.24, 2.45) is 0 Å². The molecule has 2 aromatic rings. The van der Waals surface area contributed by atoms with Gasteiger partial charge in [0.15, 0.2) is 0 Å². The summed E-state index contributed by atoms with van der Waals surface area (Å²) in [6.07, 6.45) is 0. The highest BCUT2D eigenvalue weighted by Gasteiger charge is 2.21. The van der Waals surface area contributed by atoms with E-state index in [1.54, 1.807) is 17.0 Å². The van der Waals surface area contributed by atoms with Gasteiger partial charge < -0.3 is 15.3 Å². The van der Waals surface area contributed by atoms with E-state index in [9.17, 15) is 20.0 Å². The lowest BCUT2D eigenvalue weighted by atomic mass is 10.2. The maximum atomic E-state index is 12.3. The summed E-state index contributed by atoms with van der Waals surface area (Å²) in [4.78, 5) is 26.5. The monoisotopic (exact) mass is 356 g/mol. The third-order valence-corrected chi connectivity index (χ3v) is 4.31. The molecule has 1 aliphatic heterocycles. The van der Waals surface area contributed by atoms with E-state index in [0.717, 1.165) is 25.2 Å². The van der Waals surface area contributed by atoms with Crippen LogP contribution in [-0.4, -0.2) is 52.0 Å². The molecule has 0 saturated carbocycles. The molecule has 0 unspecified atom stereocenters. The third kappa shape index (κ3) is 4.48. The molecule has 2 amide bonds. The average Bonchev–Trinajstić information content (AvgIpc) is 2.63. The number of benzene rings is 2. The summed E-state index contributed by atoms with van der Waals surface area (Å²) in [6, 6.07) is 12.7. The van der Waals surface area contributed by atoms with Crippen molar-refractivity contribution in [3.8, 4) is 5.75 Å². The number of urea groups is 1. The predicted molar refractivity (Wildman–Crippen MR) is 97.1 cm³/mol. The van der Waals surface area contributed by atoms with Crippen LogP contribution in [0.2, 0.25) is 0 Å². The number of hydrogen-bond donors (Lipinski definition) is 2. The Labute approximate surface area is 150 Å². The molecule has 1 fully saturated rings. The van der Waals surface area contributed by atoms with Gasteiger partial charge in [0.2, 0.25) is 0 Å². The van der Waals surface area contributed by atoms with Crippen molar-refractivity contribution in [3.63, 3.8) is 0 Å². The summed E-state index contributed by atoms with van der Waals surface area (Å²) in [7, 11) is 0. The molecule has 0 bridgehead atoms. The van der Waals surface area contributed by atoms with Crippen molar-refractivity contribution in [2.75, 3.05) is 31.5 Å². The number of nitrogens with one attached hydrogen (secondary N) is 1. The predicted octanol–water partition coefficient (Wildman–Crippen LogP) is 2.65. The molecule has 0 radical (unpaired) electrons. The van der Waals surface area contributed by atoms with Crippen molar-refractivity contribution >= 4 is 17.4 Å². The first kappa shape index (κ1) is 17.7. The molecular formula is C18H20N4O4. The number of phenolic OH excluding ortho intramolecular Hbond substituents is 1. The van der Waals surface area contributed by atoms with Gasteiger partial charge in [0.25, 0.3) is 5.69 Å². The zero-order chi connectivity index (χ0) is 18.5.